The largest absolute Gasteiger partial charge is 0.294 e. The fourth-order valence-corrected chi connectivity index (χ4v) is 1.81. The first-order chi connectivity index (χ1) is 7.66. The minimum atomic E-state index is 0.586. The number of aromatic amines is 1. The minimum absolute atomic E-state index is 0.586. The van der Waals surface area contributed by atoms with Crippen LogP contribution in [0.4, 0.5) is 0 Å². The molecule has 0 aliphatic heterocycles. The highest BCUT2D eigenvalue weighted by atomic mass is 32.1. The Morgan fingerprint density at radius 1 is 1.38 bits per heavy atom. The zero-order valence-corrected chi connectivity index (χ0v) is 10.2. The van der Waals surface area contributed by atoms with E-state index in [1.54, 1.807) is 23.1 Å². The van der Waals surface area contributed by atoms with Crippen molar-refractivity contribution in [3.8, 4) is 5.95 Å². The molecule has 0 spiro atoms. The molecule has 84 valence electrons. The third-order valence-electron chi connectivity index (χ3n) is 2.15. The van der Waals surface area contributed by atoms with Crippen LogP contribution in [0.2, 0.25) is 0 Å². The van der Waals surface area contributed by atoms with E-state index in [-0.39, 0.29) is 0 Å². The number of nitrogens with zero attached hydrogens (tertiary/aromatic N) is 3. The van der Waals surface area contributed by atoms with Crippen molar-refractivity contribution in [1.29, 1.82) is 0 Å². The summed E-state index contributed by atoms with van der Waals surface area (Å²) in [5, 5.41) is 3.22. The zero-order valence-electron chi connectivity index (χ0n) is 9.34. The molecule has 0 fully saturated rings. The SMILES string of the molecule is CC(C)Cc1cc(=S)n(-c2ncccn2)[nH]1. The molecule has 5 heteroatoms. The van der Waals surface area contributed by atoms with E-state index < -0.39 is 0 Å². The molecule has 0 radical (unpaired) electrons. The van der Waals surface area contributed by atoms with Crippen LogP contribution in [0.5, 0.6) is 0 Å². The van der Waals surface area contributed by atoms with E-state index in [1.807, 2.05) is 6.07 Å². The highest BCUT2D eigenvalue weighted by Gasteiger charge is 2.05. The minimum Gasteiger partial charge on any atom is -0.294 e. The summed E-state index contributed by atoms with van der Waals surface area (Å²) in [6.07, 6.45) is 4.38. The van der Waals surface area contributed by atoms with Crippen molar-refractivity contribution >= 4 is 12.2 Å². The van der Waals surface area contributed by atoms with Gasteiger partial charge in [-0.1, -0.05) is 26.1 Å². The summed E-state index contributed by atoms with van der Waals surface area (Å²) in [6.45, 7) is 4.35. The van der Waals surface area contributed by atoms with Gasteiger partial charge in [0.25, 0.3) is 0 Å². The van der Waals surface area contributed by atoms with Gasteiger partial charge in [-0.05, 0) is 24.5 Å². The lowest BCUT2D eigenvalue weighted by Gasteiger charge is -2.02. The third kappa shape index (κ3) is 2.36. The number of hydrogen-bond donors (Lipinski definition) is 1. The maximum Gasteiger partial charge on any atom is 0.249 e. The summed E-state index contributed by atoms with van der Waals surface area (Å²) in [7, 11) is 0. The van der Waals surface area contributed by atoms with E-state index in [1.165, 1.54) is 0 Å². The molecule has 0 bridgehead atoms. The van der Waals surface area contributed by atoms with Crippen molar-refractivity contribution in [2.45, 2.75) is 20.3 Å². The van der Waals surface area contributed by atoms with E-state index >= 15 is 0 Å². The van der Waals surface area contributed by atoms with Gasteiger partial charge in [-0.3, -0.25) is 5.10 Å². The number of hydrogen-bond acceptors (Lipinski definition) is 3. The van der Waals surface area contributed by atoms with Crippen LogP contribution in [0, 0.1) is 10.6 Å². The number of aromatic nitrogens is 4. The normalized spacial score (nSPS) is 10.9. The Labute approximate surface area is 99.4 Å². The third-order valence-corrected chi connectivity index (χ3v) is 2.45. The Kier molecular flexibility index (Phi) is 3.14. The highest BCUT2D eigenvalue weighted by molar-refractivity contribution is 7.71. The molecule has 2 aromatic heterocycles. The van der Waals surface area contributed by atoms with Crippen LogP contribution < -0.4 is 0 Å². The smallest absolute Gasteiger partial charge is 0.249 e. The van der Waals surface area contributed by atoms with Gasteiger partial charge in [0.1, 0.15) is 4.64 Å². The Bertz CT molecular complexity index is 512. The molecule has 16 heavy (non-hydrogen) atoms. The number of rotatable bonds is 3. The molecule has 0 aromatic carbocycles. The van der Waals surface area contributed by atoms with Crippen LogP contribution in [0.1, 0.15) is 19.5 Å². The van der Waals surface area contributed by atoms with Gasteiger partial charge in [-0.2, -0.15) is 0 Å². The Hall–Kier alpha value is -1.49. The van der Waals surface area contributed by atoms with Gasteiger partial charge < -0.3 is 0 Å². The predicted molar refractivity (Wildman–Crippen MR) is 65.1 cm³/mol. The molecule has 0 unspecified atom stereocenters. The van der Waals surface area contributed by atoms with Crippen molar-refractivity contribution in [3.05, 3.63) is 34.9 Å². The second kappa shape index (κ2) is 4.57. The van der Waals surface area contributed by atoms with E-state index in [4.69, 9.17) is 12.2 Å². The fourth-order valence-electron chi connectivity index (χ4n) is 1.54. The molecule has 0 saturated heterocycles. The van der Waals surface area contributed by atoms with Crippen LogP contribution in [0.3, 0.4) is 0 Å². The molecule has 1 N–H and O–H groups in total. The van der Waals surface area contributed by atoms with E-state index in [9.17, 15) is 0 Å². The summed E-state index contributed by atoms with van der Waals surface area (Å²) in [6, 6.07) is 3.75. The summed E-state index contributed by atoms with van der Waals surface area (Å²) >= 11 is 5.26. The van der Waals surface area contributed by atoms with Gasteiger partial charge in [0.2, 0.25) is 5.95 Å². The lowest BCUT2D eigenvalue weighted by Crippen LogP contribution is -2.03. The first-order valence-electron chi connectivity index (χ1n) is 5.25. The summed E-state index contributed by atoms with van der Waals surface area (Å²) < 4.78 is 2.44. The Morgan fingerprint density at radius 2 is 2.06 bits per heavy atom. The van der Waals surface area contributed by atoms with Crippen molar-refractivity contribution in [2.24, 2.45) is 5.92 Å². The molecule has 4 nitrogen and oxygen atoms in total. The van der Waals surface area contributed by atoms with E-state index in [0.717, 1.165) is 12.1 Å². The fraction of sp³-hybridized carbons (Fsp3) is 0.364. The quantitative estimate of drug-likeness (QED) is 0.830. The van der Waals surface area contributed by atoms with Gasteiger partial charge in [0, 0.05) is 18.1 Å². The first-order valence-corrected chi connectivity index (χ1v) is 5.66. The molecular formula is C11H14N4S. The molecule has 0 aliphatic rings. The molecule has 0 amide bonds. The zero-order chi connectivity index (χ0) is 11.5. The maximum atomic E-state index is 5.26. The first kappa shape index (κ1) is 11.0. The number of H-pyrrole nitrogens is 1. The molecule has 0 saturated carbocycles. The number of nitrogens with one attached hydrogen (secondary N) is 1. The van der Waals surface area contributed by atoms with Crippen molar-refractivity contribution < 1.29 is 0 Å². The second-order valence-corrected chi connectivity index (χ2v) is 4.52. The summed E-state index contributed by atoms with van der Waals surface area (Å²) in [5.74, 6) is 1.18. The maximum absolute atomic E-state index is 5.26. The summed E-state index contributed by atoms with van der Waals surface area (Å²) in [5.41, 5.74) is 1.12. The Morgan fingerprint density at radius 3 is 2.69 bits per heavy atom. The van der Waals surface area contributed by atoms with Crippen molar-refractivity contribution in [1.82, 2.24) is 19.7 Å². The molecular weight excluding hydrogens is 220 g/mol. The molecule has 0 aliphatic carbocycles. The average molecular weight is 234 g/mol. The van der Waals surface area contributed by atoms with Crippen LogP contribution in [0.15, 0.2) is 24.5 Å². The lowest BCUT2D eigenvalue weighted by molar-refractivity contribution is 0.625. The van der Waals surface area contributed by atoms with Crippen molar-refractivity contribution in [3.63, 3.8) is 0 Å². The topological polar surface area (TPSA) is 46.5 Å². The van der Waals surface area contributed by atoms with Crippen LogP contribution in [-0.2, 0) is 6.42 Å². The molecule has 0 atom stereocenters. The highest BCUT2D eigenvalue weighted by Crippen LogP contribution is 2.08. The predicted octanol–water partition coefficient (Wildman–Crippen LogP) is 2.52. The molecule has 2 rings (SSSR count). The molecule has 2 aromatic rings. The lowest BCUT2D eigenvalue weighted by atomic mass is 10.1. The van der Waals surface area contributed by atoms with Gasteiger partial charge in [0.15, 0.2) is 0 Å². The molecule has 2 heterocycles. The second-order valence-electron chi connectivity index (χ2n) is 4.10. The average Bonchev–Trinajstić information content (AvgIpc) is 2.60. The van der Waals surface area contributed by atoms with Gasteiger partial charge in [0.05, 0.1) is 0 Å². The summed E-state index contributed by atoms with van der Waals surface area (Å²) in [4.78, 5) is 8.31. The van der Waals surface area contributed by atoms with E-state index in [2.05, 4.69) is 28.9 Å². The van der Waals surface area contributed by atoms with E-state index in [0.29, 0.717) is 16.5 Å². The standard InChI is InChI=1S/C11H14N4S/c1-8(2)6-9-7-10(16)15(14-9)11-12-4-3-5-13-11/h3-5,7-8,14H,6H2,1-2H3. The van der Waals surface area contributed by atoms with Gasteiger partial charge >= 0.3 is 0 Å². The van der Waals surface area contributed by atoms with Crippen LogP contribution in [-0.4, -0.2) is 19.7 Å². The van der Waals surface area contributed by atoms with Crippen LogP contribution >= 0.6 is 12.2 Å². The van der Waals surface area contributed by atoms with Gasteiger partial charge in [-0.15, -0.1) is 0 Å². The monoisotopic (exact) mass is 234 g/mol. The van der Waals surface area contributed by atoms with Crippen molar-refractivity contribution in [2.75, 3.05) is 0 Å². The van der Waals surface area contributed by atoms with Gasteiger partial charge in [-0.25, -0.2) is 14.6 Å². The van der Waals surface area contributed by atoms with Crippen LogP contribution in [0.25, 0.3) is 5.95 Å². The Balaban J connectivity index is 2.36.